The van der Waals surface area contributed by atoms with Crippen molar-refractivity contribution in [3.8, 4) is 6.07 Å². The Labute approximate surface area is 221 Å². The Balaban J connectivity index is 2.12. The molecular weight excluding hydrogens is 505 g/mol. The molecule has 2 heterocycles. The first-order chi connectivity index (χ1) is 16.7. The first kappa shape index (κ1) is 26.9. The van der Waals surface area contributed by atoms with Crippen LogP contribution in [0.2, 0.25) is 10.0 Å². The minimum Gasteiger partial charge on any atom is -0.443 e. The summed E-state index contributed by atoms with van der Waals surface area (Å²) in [5.41, 5.74) is -2.92. The highest BCUT2D eigenvalue weighted by molar-refractivity contribution is 6.31. The third kappa shape index (κ3) is 3.91. The molecule has 2 aromatic carbocycles. The Bertz CT molecular complexity index is 1260. The van der Waals surface area contributed by atoms with Gasteiger partial charge in [-0.15, -0.1) is 0 Å². The predicted molar refractivity (Wildman–Crippen MR) is 136 cm³/mol. The highest BCUT2D eigenvalue weighted by atomic mass is 35.5. The van der Waals surface area contributed by atoms with Crippen LogP contribution in [0.15, 0.2) is 36.4 Å². The zero-order chi connectivity index (χ0) is 26.8. The molecule has 8 heteroatoms. The molecule has 192 valence electrons. The maximum atomic E-state index is 15.7. The number of carbonyl (C=O) groups excluding carboxylic acids is 1. The second kappa shape index (κ2) is 8.97. The molecule has 2 aliphatic heterocycles. The molecule has 0 aliphatic carbocycles. The number of hydrogen-bond acceptors (Lipinski definition) is 4. The lowest BCUT2D eigenvalue weighted by molar-refractivity contribution is -0.152. The van der Waals surface area contributed by atoms with E-state index in [1.165, 1.54) is 24.3 Å². The van der Waals surface area contributed by atoms with E-state index in [2.05, 4.69) is 33.8 Å². The second-order valence-corrected chi connectivity index (χ2v) is 12.2. The van der Waals surface area contributed by atoms with Gasteiger partial charge in [0, 0.05) is 22.5 Å². The van der Waals surface area contributed by atoms with Crippen molar-refractivity contribution in [1.82, 2.24) is 4.90 Å². The van der Waals surface area contributed by atoms with E-state index in [0.29, 0.717) is 6.42 Å². The molecule has 2 aromatic rings. The number of nitrogens with zero attached hydrogens (tertiary/aromatic N) is 2. The van der Waals surface area contributed by atoms with Gasteiger partial charge < -0.3 is 4.74 Å². The van der Waals surface area contributed by atoms with Crippen LogP contribution in [0, 0.1) is 34.3 Å². The summed E-state index contributed by atoms with van der Waals surface area (Å²) in [6.07, 6.45) is 0.426. The number of rotatable bonds is 5. The fraction of sp³-hybridized carbons (Fsp3) is 0.500. The molecule has 0 saturated carbocycles. The van der Waals surface area contributed by atoms with E-state index in [9.17, 15) is 10.1 Å². The first-order valence-electron chi connectivity index (χ1n) is 12.0. The number of nitriles is 1. The molecule has 0 unspecified atom stereocenters. The molecule has 4 rings (SSSR count). The van der Waals surface area contributed by atoms with E-state index < -0.39 is 46.7 Å². The van der Waals surface area contributed by atoms with Crippen LogP contribution in [0.4, 0.5) is 8.78 Å². The number of benzene rings is 2. The molecule has 0 spiro atoms. The SMILES string of the molecule is CC(C)C(C)(C)C[C@@H]1N2[C@@H](C(=O)OC2(C)C)[C@H](c2cccc(Cl)c2F)[C@@]1(C#N)c1ccc(Cl)cc1F. The fourth-order valence-corrected chi connectivity index (χ4v) is 6.24. The smallest absolute Gasteiger partial charge is 0.325 e. The van der Waals surface area contributed by atoms with Gasteiger partial charge in [-0.2, -0.15) is 5.26 Å². The predicted octanol–water partition coefficient (Wildman–Crippen LogP) is 7.23. The Morgan fingerprint density at radius 1 is 1.19 bits per heavy atom. The lowest BCUT2D eigenvalue weighted by atomic mass is 9.61. The number of cyclic esters (lactones) is 1. The van der Waals surface area contributed by atoms with E-state index >= 15 is 8.78 Å². The minimum atomic E-state index is -1.65. The van der Waals surface area contributed by atoms with Gasteiger partial charge in [0.05, 0.1) is 11.1 Å². The van der Waals surface area contributed by atoms with Crippen LogP contribution in [0.5, 0.6) is 0 Å². The van der Waals surface area contributed by atoms with E-state index in [0.717, 1.165) is 6.07 Å². The van der Waals surface area contributed by atoms with Crippen LogP contribution in [-0.2, 0) is 14.9 Å². The van der Waals surface area contributed by atoms with Gasteiger partial charge in [-0.05, 0) is 55.4 Å². The number of esters is 1. The Morgan fingerprint density at radius 3 is 2.44 bits per heavy atom. The number of fused-ring (bicyclic) bond motifs is 1. The van der Waals surface area contributed by atoms with Gasteiger partial charge in [0.25, 0.3) is 0 Å². The summed E-state index contributed by atoms with van der Waals surface area (Å²) < 4.78 is 37.2. The quantitative estimate of drug-likeness (QED) is 0.379. The average Bonchev–Trinajstić information content (AvgIpc) is 3.19. The van der Waals surface area contributed by atoms with E-state index in [1.54, 1.807) is 19.9 Å². The molecule has 4 nitrogen and oxygen atoms in total. The topological polar surface area (TPSA) is 53.3 Å². The highest BCUT2D eigenvalue weighted by Crippen LogP contribution is 2.60. The summed E-state index contributed by atoms with van der Waals surface area (Å²) in [6.45, 7) is 11.8. The third-order valence-electron chi connectivity index (χ3n) is 8.34. The summed E-state index contributed by atoms with van der Waals surface area (Å²) >= 11 is 12.2. The lowest BCUT2D eigenvalue weighted by Crippen LogP contribution is -2.53. The molecule has 2 saturated heterocycles. The van der Waals surface area contributed by atoms with E-state index in [4.69, 9.17) is 27.9 Å². The number of halogens is 4. The van der Waals surface area contributed by atoms with Crippen LogP contribution in [-0.4, -0.2) is 28.7 Å². The Hall–Kier alpha value is -2.20. The standard InChI is InChI=1S/C28H30Cl2F2N2O2/c1-15(2)26(3,4)13-21-28(14-33,18-11-10-16(29)12-20(18)31)22(17-8-7-9-19(30)23(17)32)24-25(35)36-27(5,6)34(21)24/h7-12,15,21-22,24H,13H2,1-6H3/t21-,22-,24+,28-/m0/s1. The van der Waals surface area contributed by atoms with Crippen LogP contribution in [0.25, 0.3) is 0 Å². The van der Waals surface area contributed by atoms with Crippen molar-refractivity contribution in [2.24, 2.45) is 11.3 Å². The Kier molecular flexibility index (Phi) is 6.69. The summed E-state index contributed by atoms with van der Waals surface area (Å²) in [5, 5.41) is 11.0. The summed E-state index contributed by atoms with van der Waals surface area (Å²) in [7, 11) is 0. The number of carbonyl (C=O) groups is 1. The number of hydrogen-bond donors (Lipinski definition) is 0. The van der Waals surface area contributed by atoms with Crippen molar-refractivity contribution < 1.29 is 18.3 Å². The summed E-state index contributed by atoms with van der Waals surface area (Å²) in [6, 6.07) is 9.33. The maximum absolute atomic E-state index is 15.7. The molecule has 0 N–H and O–H groups in total. The lowest BCUT2D eigenvalue weighted by Gasteiger charge is -2.44. The average molecular weight is 535 g/mol. The molecule has 36 heavy (non-hydrogen) atoms. The molecular formula is C28H30Cl2F2N2O2. The molecule has 4 atom stereocenters. The van der Waals surface area contributed by atoms with Gasteiger partial charge in [-0.3, -0.25) is 4.79 Å². The largest absolute Gasteiger partial charge is 0.443 e. The molecule has 0 radical (unpaired) electrons. The normalized spacial score (nSPS) is 27.7. The van der Waals surface area contributed by atoms with Crippen molar-refractivity contribution in [1.29, 1.82) is 5.26 Å². The summed E-state index contributed by atoms with van der Waals surface area (Å²) in [5.74, 6) is -2.88. The number of ether oxygens (including phenoxy) is 1. The zero-order valence-corrected chi connectivity index (χ0v) is 22.7. The molecule has 2 fully saturated rings. The van der Waals surface area contributed by atoms with E-state index in [1.807, 2.05) is 4.90 Å². The van der Waals surface area contributed by atoms with Crippen molar-refractivity contribution in [2.75, 3.05) is 0 Å². The van der Waals surface area contributed by atoms with E-state index in [-0.39, 0.29) is 32.5 Å². The monoisotopic (exact) mass is 534 g/mol. The van der Waals surface area contributed by atoms with Gasteiger partial charge >= 0.3 is 5.97 Å². The van der Waals surface area contributed by atoms with Crippen molar-refractivity contribution in [3.05, 3.63) is 69.2 Å². The highest BCUT2D eigenvalue weighted by Gasteiger charge is 2.71. The Morgan fingerprint density at radius 2 is 1.86 bits per heavy atom. The van der Waals surface area contributed by atoms with Gasteiger partial charge in [-0.25, -0.2) is 13.7 Å². The van der Waals surface area contributed by atoms with Gasteiger partial charge in [-0.1, -0.05) is 69.1 Å². The zero-order valence-electron chi connectivity index (χ0n) is 21.2. The van der Waals surface area contributed by atoms with Crippen LogP contribution in [0.1, 0.15) is 65.0 Å². The van der Waals surface area contributed by atoms with Gasteiger partial charge in [0.1, 0.15) is 23.1 Å². The summed E-state index contributed by atoms with van der Waals surface area (Å²) in [4.78, 5) is 15.3. The molecule has 2 aliphatic rings. The van der Waals surface area contributed by atoms with Crippen LogP contribution >= 0.6 is 23.2 Å². The van der Waals surface area contributed by atoms with Gasteiger partial charge in [0.2, 0.25) is 0 Å². The molecule has 0 amide bonds. The fourth-order valence-electron chi connectivity index (χ4n) is 5.89. The van der Waals surface area contributed by atoms with Crippen molar-refractivity contribution in [2.45, 2.75) is 77.1 Å². The van der Waals surface area contributed by atoms with Crippen LogP contribution < -0.4 is 0 Å². The second-order valence-electron chi connectivity index (χ2n) is 11.3. The van der Waals surface area contributed by atoms with Crippen LogP contribution in [0.3, 0.4) is 0 Å². The minimum absolute atomic E-state index is 0.0707. The maximum Gasteiger partial charge on any atom is 0.325 e. The van der Waals surface area contributed by atoms with Crippen molar-refractivity contribution >= 4 is 29.2 Å². The molecule has 0 bridgehead atoms. The third-order valence-corrected chi connectivity index (χ3v) is 8.87. The molecule has 0 aromatic heterocycles. The van der Waals surface area contributed by atoms with Crippen molar-refractivity contribution in [3.63, 3.8) is 0 Å². The first-order valence-corrected chi connectivity index (χ1v) is 12.8. The van der Waals surface area contributed by atoms with Gasteiger partial charge in [0.15, 0.2) is 5.72 Å².